The quantitative estimate of drug-likeness (QED) is 0.537. The van der Waals surface area contributed by atoms with Crippen molar-refractivity contribution < 1.29 is 9.53 Å². The van der Waals surface area contributed by atoms with Crippen LogP contribution in [0.1, 0.15) is 30.5 Å². The zero-order valence-corrected chi connectivity index (χ0v) is 20.4. The van der Waals surface area contributed by atoms with Gasteiger partial charge in [0.2, 0.25) is 5.91 Å². The Kier molecular flexibility index (Phi) is 7.13. The third kappa shape index (κ3) is 5.20. The number of carbonyl (C=O) groups is 1. The predicted octanol–water partition coefficient (Wildman–Crippen LogP) is 3.38. The molecule has 2 aromatic heterocycles. The number of nitriles is 1. The van der Waals surface area contributed by atoms with E-state index in [2.05, 4.69) is 27.0 Å². The molecule has 3 heterocycles. The second-order valence-electron chi connectivity index (χ2n) is 9.32. The van der Waals surface area contributed by atoms with Crippen LogP contribution < -0.4 is 4.74 Å². The summed E-state index contributed by atoms with van der Waals surface area (Å²) >= 11 is 0. The first kappa shape index (κ1) is 23.7. The van der Waals surface area contributed by atoms with Crippen LogP contribution in [0.5, 0.6) is 5.75 Å². The molecule has 178 valence electrons. The highest BCUT2D eigenvalue weighted by atomic mass is 16.5. The third-order valence-electron chi connectivity index (χ3n) is 6.64. The van der Waals surface area contributed by atoms with Crippen LogP contribution in [0.15, 0.2) is 30.6 Å². The first-order chi connectivity index (χ1) is 16.4. The maximum atomic E-state index is 11.9. The van der Waals surface area contributed by atoms with E-state index in [9.17, 15) is 10.1 Å². The molecule has 0 bridgehead atoms. The van der Waals surface area contributed by atoms with Gasteiger partial charge in [-0.15, -0.1) is 0 Å². The Labute approximate surface area is 200 Å². The highest BCUT2D eigenvalue weighted by Crippen LogP contribution is 2.29. The Morgan fingerprint density at radius 2 is 2.03 bits per heavy atom. The maximum absolute atomic E-state index is 11.9. The Hall–Kier alpha value is -3.44. The Bertz CT molecular complexity index is 1220. The van der Waals surface area contributed by atoms with Gasteiger partial charge in [0.15, 0.2) is 5.69 Å². The molecule has 4 rings (SSSR count). The van der Waals surface area contributed by atoms with E-state index < -0.39 is 0 Å². The van der Waals surface area contributed by atoms with Crippen LogP contribution in [0.25, 0.3) is 22.3 Å². The molecule has 3 aromatic rings. The third-order valence-corrected chi connectivity index (χ3v) is 6.64. The van der Waals surface area contributed by atoms with Crippen molar-refractivity contribution in [2.24, 2.45) is 13.0 Å². The number of benzene rings is 1. The van der Waals surface area contributed by atoms with Gasteiger partial charge in [0.05, 0.1) is 30.7 Å². The molecule has 0 unspecified atom stereocenters. The van der Waals surface area contributed by atoms with Crippen LogP contribution in [-0.4, -0.2) is 70.6 Å². The molecule has 0 radical (unpaired) electrons. The minimum atomic E-state index is 0.167. The Balaban J connectivity index is 1.33. The molecule has 1 saturated heterocycles. The number of amides is 1. The molecule has 8 nitrogen and oxygen atoms in total. The van der Waals surface area contributed by atoms with Crippen molar-refractivity contribution in [3.8, 4) is 23.1 Å². The van der Waals surface area contributed by atoms with Gasteiger partial charge >= 0.3 is 0 Å². The lowest BCUT2D eigenvalue weighted by Gasteiger charge is -2.32. The summed E-state index contributed by atoms with van der Waals surface area (Å²) in [5.74, 6) is 1.67. The fraction of sp³-hybridized carbons (Fsp3) is 0.462. The number of piperidine rings is 1. The van der Waals surface area contributed by atoms with Gasteiger partial charge in [-0.2, -0.15) is 5.26 Å². The fourth-order valence-electron chi connectivity index (χ4n) is 4.43. The van der Waals surface area contributed by atoms with Gasteiger partial charge in [-0.05, 0) is 75.0 Å². The first-order valence-electron chi connectivity index (χ1n) is 11.7. The monoisotopic (exact) mass is 460 g/mol. The van der Waals surface area contributed by atoms with Crippen LogP contribution >= 0.6 is 0 Å². The number of likely N-dealkylation sites (tertiary alicyclic amines) is 1. The van der Waals surface area contributed by atoms with E-state index in [0.29, 0.717) is 30.3 Å². The summed E-state index contributed by atoms with van der Waals surface area (Å²) in [6.45, 7) is 5.17. The number of carbonyl (C=O) groups excluding carboxylic acids is 1. The predicted molar refractivity (Wildman–Crippen MR) is 131 cm³/mol. The average Bonchev–Trinajstić information content (AvgIpc) is 3.21. The molecule has 1 fully saturated rings. The van der Waals surface area contributed by atoms with Crippen molar-refractivity contribution in [2.75, 3.05) is 40.3 Å². The van der Waals surface area contributed by atoms with E-state index in [0.717, 1.165) is 60.4 Å². The summed E-state index contributed by atoms with van der Waals surface area (Å²) in [6.07, 6.45) is 4.92. The van der Waals surface area contributed by atoms with Gasteiger partial charge in [0.1, 0.15) is 17.3 Å². The molecular weight excluding hydrogens is 428 g/mol. The number of rotatable bonds is 7. The second kappa shape index (κ2) is 10.2. The highest BCUT2D eigenvalue weighted by molar-refractivity contribution is 5.84. The minimum absolute atomic E-state index is 0.167. The van der Waals surface area contributed by atoms with Crippen LogP contribution in [0, 0.1) is 24.2 Å². The lowest BCUT2D eigenvalue weighted by Crippen LogP contribution is -2.41. The summed E-state index contributed by atoms with van der Waals surface area (Å²) < 4.78 is 8.01. The first-order valence-corrected chi connectivity index (χ1v) is 11.7. The van der Waals surface area contributed by atoms with Gasteiger partial charge in [-0.1, -0.05) is 0 Å². The van der Waals surface area contributed by atoms with Crippen LogP contribution in [-0.2, 0) is 11.8 Å². The van der Waals surface area contributed by atoms with Crippen LogP contribution in [0.3, 0.4) is 0 Å². The van der Waals surface area contributed by atoms with E-state index >= 15 is 0 Å². The van der Waals surface area contributed by atoms with Crippen molar-refractivity contribution in [2.45, 2.75) is 26.2 Å². The van der Waals surface area contributed by atoms with Crippen molar-refractivity contribution >= 4 is 16.9 Å². The number of aromatic nitrogens is 3. The number of imidazole rings is 1. The summed E-state index contributed by atoms with van der Waals surface area (Å²) in [6, 6.07) is 10.2. The summed E-state index contributed by atoms with van der Waals surface area (Å²) in [4.78, 5) is 24.6. The maximum Gasteiger partial charge on any atom is 0.236 e. The number of ether oxygens (including phenoxy) is 1. The van der Waals surface area contributed by atoms with Crippen molar-refractivity contribution in [1.29, 1.82) is 5.26 Å². The number of pyridine rings is 1. The molecule has 0 spiro atoms. The lowest BCUT2D eigenvalue weighted by molar-refractivity contribution is -0.130. The topological polar surface area (TPSA) is 87.3 Å². The fourth-order valence-corrected chi connectivity index (χ4v) is 4.43. The average molecular weight is 461 g/mol. The SMILES string of the molecule is Cc1cc(-c2cc3c(ncn3C)c(C#N)n2)ccc1OCCC1CCN(CC(=O)N(C)C)CC1. The summed E-state index contributed by atoms with van der Waals surface area (Å²) in [7, 11) is 5.52. The van der Waals surface area contributed by atoms with E-state index in [1.807, 2.05) is 36.7 Å². The second-order valence-corrected chi connectivity index (χ2v) is 9.32. The van der Waals surface area contributed by atoms with Gasteiger partial charge in [0.25, 0.3) is 0 Å². The van der Waals surface area contributed by atoms with Crippen LogP contribution in [0.2, 0.25) is 0 Å². The molecule has 0 atom stereocenters. The van der Waals surface area contributed by atoms with Gasteiger partial charge in [0, 0.05) is 26.7 Å². The van der Waals surface area contributed by atoms with E-state index in [4.69, 9.17) is 4.74 Å². The molecule has 34 heavy (non-hydrogen) atoms. The van der Waals surface area contributed by atoms with Crippen molar-refractivity contribution in [1.82, 2.24) is 24.3 Å². The summed E-state index contributed by atoms with van der Waals surface area (Å²) in [5, 5.41) is 9.49. The summed E-state index contributed by atoms with van der Waals surface area (Å²) in [5.41, 5.74) is 4.59. The van der Waals surface area contributed by atoms with Gasteiger partial charge in [-0.25, -0.2) is 9.97 Å². The number of aryl methyl sites for hydroxylation is 2. The van der Waals surface area contributed by atoms with E-state index in [1.54, 1.807) is 25.3 Å². The molecule has 1 amide bonds. The standard InChI is InChI=1S/C26H32N6O2/c1-18-13-20(21-14-23-26(22(15-27)29-21)28-17-31(23)4)5-6-24(18)34-12-9-19-7-10-32(11-8-19)16-25(33)30(2)3/h5-6,13-14,17,19H,7-12,16H2,1-4H3. The Morgan fingerprint density at radius 3 is 2.71 bits per heavy atom. The Morgan fingerprint density at radius 1 is 1.26 bits per heavy atom. The van der Waals surface area contributed by atoms with Crippen molar-refractivity contribution in [3.63, 3.8) is 0 Å². The van der Waals surface area contributed by atoms with E-state index in [-0.39, 0.29) is 5.91 Å². The van der Waals surface area contributed by atoms with E-state index in [1.165, 1.54) is 0 Å². The molecular formula is C26H32N6O2. The molecule has 1 aromatic carbocycles. The number of hydrogen-bond donors (Lipinski definition) is 0. The zero-order valence-electron chi connectivity index (χ0n) is 20.4. The molecule has 8 heteroatoms. The number of nitrogens with zero attached hydrogens (tertiary/aromatic N) is 6. The lowest BCUT2D eigenvalue weighted by atomic mass is 9.94. The molecule has 0 saturated carbocycles. The van der Waals surface area contributed by atoms with Crippen molar-refractivity contribution in [3.05, 3.63) is 41.9 Å². The number of fused-ring (bicyclic) bond motifs is 1. The number of hydrogen-bond acceptors (Lipinski definition) is 6. The zero-order chi connectivity index (χ0) is 24.2. The largest absolute Gasteiger partial charge is 0.493 e. The number of likely N-dealkylation sites (N-methyl/N-ethyl adjacent to an activating group) is 1. The molecule has 0 N–H and O–H groups in total. The molecule has 1 aliphatic heterocycles. The normalized spacial score (nSPS) is 14.8. The molecule has 1 aliphatic rings. The van der Waals surface area contributed by atoms with Gasteiger partial charge < -0.3 is 14.2 Å². The van der Waals surface area contributed by atoms with Crippen LogP contribution in [0.4, 0.5) is 0 Å². The smallest absolute Gasteiger partial charge is 0.236 e. The highest BCUT2D eigenvalue weighted by Gasteiger charge is 2.21. The minimum Gasteiger partial charge on any atom is -0.493 e. The van der Waals surface area contributed by atoms with Gasteiger partial charge in [-0.3, -0.25) is 9.69 Å². The molecule has 0 aliphatic carbocycles.